The van der Waals surface area contributed by atoms with E-state index in [1.54, 1.807) is 0 Å². The van der Waals surface area contributed by atoms with Crippen LogP contribution >= 0.6 is 0 Å². The lowest BCUT2D eigenvalue weighted by Gasteiger charge is -2.27. The smallest absolute Gasteiger partial charge is 0.257 e. The van der Waals surface area contributed by atoms with Crippen LogP contribution < -0.4 is 0 Å². The Morgan fingerprint density at radius 3 is 2.75 bits per heavy atom. The highest BCUT2D eigenvalue weighted by Gasteiger charge is 2.22. The molecular weight excluding hydrogens is 213 g/mol. The third-order valence-electron chi connectivity index (χ3n) is 2.51. The Bertz CT molecular complexity index is 402. The third-order valence-corrected chi connectivity index (χ3v) is 2.51. The highest BCUT2D eigenvalue weighted by atomic mass is 19.1. The number of phenolic OH excluding ortho intramolecular Hbond substituents is 1. The van der Waals surface area contributed by atoms with Gasteiger partial charge in [0.15, 0.2) is 11.6 Å². The van der Waals surface area contributed by atoms with Crippen molar-refractivity contribution in [1.29, 1.82) is 0 Å². The molecule has 5 heteroatoms. The predicted molar refractivity (Wildman–Crippen MR) is 54.8 cm³/mol. The molecule has 1 amide bonds. The number of amides is 1. The number of phenols is 1. The summed E-state index contributed by atoms with van der Waals surface area (Å²) in [7, 11) is 0. The van der Waals surface area contributed by atoms with Crippen molar-refractivity contribution in [3.05, 3.63) is 29.6 Å². The molecule has 1 aromatic rings. The Morgan fingerprint density at radius 2 is 2.06 bits per heavy atom. The maximum atomic E-state index is 13.5. The predicted octanol–water partition coefficient (Wildman–Crippen LogP) is 1.00. The second-order valence-electron chi connectivity index (χ2n) is 3.54. The molecule has 0 unspecified atom stereocenters. The van der Waals surface area contributed by atoms with Gasteiger partial charge in [0, 0.05) is 13.1 Å². The molecule has 0 bridgehead atoms. The lowest BCUT2D eigenvalue weighted by Crippen LogP contribution is -2.41. The molecule has 0 spiro atoms. The van der Waals surface area contributed by atoms with Gasteiger partial charge in [-0.15, -0.1) is 0 Å². The van der Waals surface area contributed by atoms with Gasteiger partial charge in [0.1, 0.15) is 0 Å². The Labute approximate surface area is 92.2 Å². The van der Waals surface area contributed by atoms with Crippen molar-refractivity contribution in [2.75, 3.05) is 26.3 Å². The molecule has 1 aliphatic rings. The van der Waals surface area contributed by atoms with Crippen LogP contribution in [-0.2, 0) is 4.74 Å². The molecule has 1 saturated heterocycles. The van der Waals surface area contributed by atoms with Gasteiger partial charge in [-0.3, -0.25) is 4.79 Å². The first kappa shape index (κ1) is 10.9. The van der Waals surface area contributed by atoms with E-state index in [1.165, 1.54) is 23.1 Å². The summed E-state index contributed by atoms with van der Waals surface area (Å²) in [5, 5.41) is 9.18. The molecule has 86 valence electrons. The maximum Gasteiger partial charge on any atom is 0.257 e. The number of carbonyl (C=O) groups is 1. The number of hydrogen-bond acceptors (Lipinski definition) is 3. The standard InChI is InChI=1S/C11H12FNO3/c12-10-8(2-1-3-9(10)14)11(15)13-4-6-16-7-5-13/h1-3,14H,4-7H2. The van der Waals surface area contributed by atoms with E-state index in [1.807, 2.05) is 0 Å². The lowest BCUT2D eigenvalue weighted by molar-refractivity contribution is 0.0299. The van der Waals surface area contributed by atoms with Gasteiger partial charge in [-0.25, -0.2) is 4.39 Å². The molecule has 4 nitrogen and oxygen atoms in total. The van der Waals surface area contributed by atoms with Crippen molar-refractivity contribution in [3.63, 3.8) is 0 Å². The van der Waals surface area contributed by atoms with Crippen molar-refractivity contribution in [2.45, 2.75) is 0 Å². The maximum absolute atomic E-state index is 13.5. The molecule has 2 rings (SSSR count). The number of carbonyl (C=O) groups excluding carboxylic acids is 1. The fourth-order valence-electron chi connectivity index (χ4n) is 1.62. The van der Waals surface area contributed by atoms with Crippen LogP contribution in [0.3, 0.4) is 0 Å². The molecular formula is C11H12FNO3. The van der Waals surface area contributed by atoms with E-state index >= 15 is 0 Å². The third kappa shape index (κ3) is 1.99. The summed E-state index contributed by atoms with van der Waals surface area (Å²) in [6, 6.07) is 4.03. The molecule has 0 atom stereocenters. The van der Waals surface area contributed by atoms with Gasteiger partial charge >= 0.3 is 0 Å². The van der Waals surface area contributed by atoms with Crippen LogP contribution in [0.5, 0.6) is 5.75 Å². The van der Waals surface area contributed by atoms with Crippen molar-refractivity contribution in [3.8, 4) is 5.75 Å². The van der Waals surface area contributed by atoms with Crippen LogP contribution in [-0.4, -0.2) is 42.2 Å². The lowest BCUT2D eigenvalue weighted by atomic mass is 10.1. The number of benzene rings is 1. The van der Waals surface area contributed by atoms with E-state index in [9.17, 15) is 14.3 Å². The number of rotatable bonds is 1. The highest BCUT2D eigenvalue weighted by molar-refractivity contribution is 5.95. The summed E-state index contributed by atoms with van der Waals surface area (Å²) in [4.78, 5) is 13.4. The van der Waals surface area contributed by atoms with Gasteiger partial charge < -0.3 is 14.7 Å². The summed E-state index contributed by atoms with van der Waals surface area (Å²) in [6.07, 6.45) is 0. The largest absolute Gasteiger partial charge is 0.505 e. The Balaban J connectivity index is 2.22. The topological polar surface area (TPSA) is 49.8 Å². The molecule has 1 aliphatic heterocycles. The molecule has 0 aliphatic carbocycles. The summed E-state index contributed by atoms with van der Waals surface area (Å²) in [5.74, 6) is -1.77. The van der Waals surface area contributed by atoms with Gasteiger partial charge in [0.05, 0.1) is 18.8 Å². The first-order valence-corrected chi connectivity index (χ1v) is 5.04. The van der Waals surface area contributed by atoms with Gasteiger partial charge in [-0.2, -0.15) is 0 Å². The molecule has 1 N–H and O–H groups in total. The number of aromatic hydroxyl groups is 1. The molecule has 0 aromatic heterocycles. The van der Waals surface area contributed by atoms with Crippen molar-refractivity contribution < 1.29 is 19.0 Å². The molecule has 1 fully saturated rings. The van der Waals surface area contributed by atoms with Crippen molar-refractivity contribution in [2.24, 2.45) is 0 Å². The van der Waals surface area contributed by atoms with Crippen LogP contribution in [0.25, 0.3) is 0 Å². The van der Waals surface area contributed by atoms with Crippen LogP contribution in [0.15, 0.2) is 18.2 Å². The summed E-state index contributed by atoms with van der Waals surface area (Å²) < 4.78 is 18.6. The summed E-state index contributed by atoms with van der Waals surface area (Å²) >= 11 is 0. The minimum atomic E-state index is -0.862. The first-order valence-electron chi connectivity index (χ1n) is 5.04. The minimum Gasteiger partial charge on any atom is -0.505 e. The fourth-order valence-corrected chi connectivity index (χ4v) is 1.62. The molecule has 1 heterocycles. The second-order valence-corrected chi connectivity index (χ2v) is 3.54. The minimum absolute atomic E-state index is 0.0955. The van der Waals surface area contributed by atoms with Gasteiger partial charge in [-0.05, 0) is 12.1 Å². The zero-order chi connectivity index (χ0) is 11.5. The SMILES string of the molecule is O=C(c1cccc(O)c1F)N1CCOCC1. The Hall–Kier alpha value is -1.62. The number of hydrogen-bond donors (Lipinski definition) is 1. The molecule has 16 heavy (non-hydrogen) atoms. The van der Waals surface area contributed by atoms with Gasteiger partial charge in [0.2, 0.25) is 0 Å². The van der Waals surface area contributed by atoms with E-state index in [2.05, 4.69) is 0 Å². The zero-order valence-electron chi connectivity index (χ0n) is 8.65. The van der Waals surface area contributed by atoms with Crippen molar-refractivity contribution >= 4 is 5.91 Å². The normalized spacial score (nSPS) is 16.2. The number of halogens is 1. The van der Waals surface area contributed by atoms with E-state index in [0.717, 1.165) is 0 Å². The van der Waals surface area contributed by atoms with Crippen LogP contribution in [0, 0.1) is 5.82 Å². The summed E-state index contributed by atoms with van der Waals surface area (Å²) in [5.41, 5.74) is -0.0955. The van der Waals surface area contributed by atoms with E-state index in [0.29, 0.717) is 26.3 Å². The fraction of sp³-hybridized carbons (Fsp3) is 0.364. The molecule has 0 saturated carbocycles. The Kier molecular flexibility index (Phi) is 3.05. The quantitative estimate of drug-likeness (QED) is 0.775. The monoisotopic (exact) mass is 225 g/mol. The Morgan fingerprint density at radius 1 is 1.38 bits per heavy atom. The van der Waals surface area contributed by atoms with E-state index < -0.39 is 17.5 Å². The highest BCUT2D eigenvalue weighted by Crippen LogP contribution is 2.20. The first-order chi connectivity index (χ1) is 7.70. The number of ether oxygens (including phenoxy) is 1. The second kappa shape index (κ2) is 4.49. The van der Waals surface area contributed by atoms with E-state index in [4.69, 9.17) is 4.74 Å². The number of nitrogens with zero attached hydrogens (tertiary/aromatic N) is 1. The van der Waals surface area contributed by atoms with Crippen LogP contribution in [0.2, 0.25) is 0 Å². The zero-order valence-corrected chi connectivity index (χ0v) is 8.65. The molecule has 1 aromatic carbocycles. The molecule has 0 radical (unpaired) electrons. The van der Waals surface area contributed by atoms with Gasteiger partial charge in [-0.1, -0.05) is 6.07 Å². The van der Waals surface area contributed by atoms with Crippen LogP contribution in [0.4, 0.5) is 4.39 Å². The van der Waals surface area contributed by atoms with E-state index in [-0.39, 0.29) is 5.56 Å². The van der Waals surface area contributed by atoms with Crippen LogP contribution in [0.1, 0.15) is 10.4 Å². The number of morpholine rings is 1. The van der Waals surface area contributed by atoms with Crippen molar-refractivity contribution in [1.82, 2.24) is 4.90 Å². The summed E-state index contributed by atoms with van der Waals surface area (Å²) in [6.45, 7) is 1.83. The average Bonchev–Trinajstić information content (AvgIpc) is 2.33. The van der Waals surface area contributed by atoms with Gasteiger partial charge in [0.25, 0.3) is 5.91 Å². The average molecular weight is 225 g/mol.